The van der Waals surface area contributed by atoms with Gasteiger partial charge < -0.3 is 15.3 Å². The molecule has 22 heteroatoms. The molecule has 4 aliphatic rings. The largest absolute Gasteiger partial charge is 0.425 e. The number of halogens is 12. The molecule has 0 spiro atoms. The lowest BCUT2D eigenvalue weighted by Gasteiger charge is -2.21. The Hall–Kier alpha value is -13.6. The molecule has 10 nitrogen and oxygen atoms in total. The van der Waals surface area contributed by atoms with Crippen molar-refractivity contribution < 1.29 is 79.5 Å². The third kappa shape index (κ3) is 20.3. The highest BCUT2D eigenvalue weighted by Crippen LogP contribution is 2.59. The zero-order valence-electron chi connectivity index (χ0n) is 64.0. The van der Waals surface area contributed by atoms with E-state index in [0.29, 0.717) is 58.9 Å². The number of ether oxygens (including phenoxy) is 1. The van der Waals surface area contributed by atoms with E-state index in [2.05, 4.69) is 212 Å². The lowest BCUT2D eigenvalue weighted by molar-refractivity contribution is -0.121. The minimum absolute atomic E-state index is 0. The number of hydrogen-bond donors (Lipinski definition) is 1. The molecular formula is C98H74Br2F10N2O8. The first-order chi connectivity index (χ1) is 57.8. The number of allylic oxidation sites excluding steroid dienone is 4. The smallest absolute Gasteiger partial charge is 0.298 e. The van der Waals surface area contributed by atoms with Crippen molar-refractivity contribution in [2.75, 3.05) is 12.3 Å². The van der Waals surface area contributed by atoms with E-state index in [1.807, 2.05) is 133 Å². The van der Waals surface area contributed by atoms with Crippen LogP contribution in [-0.4, -0.2) is 36.2 Å². The van der Waals surface area contributed by atoms with E-state index >= 15 is 0 Å². The van der Waals surface area contributed by atoms with Gasteiger partial charge in [-0.05, 0) is 157 Å². The first kappa shape index (κ1) is 91.9. The molecule has 0 aliphatic heterocycles. The minimum atomic E-state index is -0.378. The first-order valence-corrected chi connectivity index (χ1v) is 38.4. The van der Waals surface area contributed by atoms with Crippen LogP contribution in [0.2, 0.25) is 0 Å². The van der Waals surface area contributed by atoms with Crippen LogP contribution in [-0.2, 0) is 32.1 Å². The highest BCUT2D eigenvalue weighted by atomic mass is 79.9. The summed E-state index contributed by atoms with van der Waals surface area (Å²) in [6, 6.07) is 110. The Morgan fingerprint density at radius 2 is 0.708 bits per heavy atom. The molecule has 608 valence electrons. The summed E-state index contributed by atoms with van der Waals surface area (Å²) in [4.78, 5) is 72.1. The number of benzene rings is 15. The molecule has 0 heterocycles. The number of nitrogens with zero attached hydrogens (tertiary/aromatic N) is 1. The molecule has 0 unspecified atom stereocenters. The second-order valence-electron chi connectivity index (χ2n) is 27.1. The Bertz CT molecular complexity index is 5920. The van der Waals surface area contributed by atoms with Crippen LogP contribution < -0.4 is 10.5 Å². The zero-order chi connectivity index (χ0) is 84.2. The molecular weight excluding hydrogens is 1680 g/mol. The van der Waals surface area contributed by atoms with E-state index < -0.39 is 0 Å². The third-order valence-corrected chi connectivity index (χ3v) is 21.0. The summed E-state index contributed by atoms with van der Waals surface area (Å²) in [5.74, 6) is 0.569. The van der Waals surface area contributed by atoms with Gasteiger partial charge in [-0.1, -0.05) is 339 Å². The number of carbonyl (C=O) groups excluding carboxylic acids is 5. The Balaban J connectivity index is 0.000000186. The SMILES string of the molecule is Brc1cccc2c(-c3ccccc3)c3c(c(-c4ccccc4)c12)-c1cccc2cccc-3c12.CC(C)CCON=O.F.F.FF.FF.FF.FF.Nc1cccc(Br)c1OC=O.O=C(Cc1ccccc1)Cc1ccccc1.O=C1C(=O)c2cccc3cccc1c23.O=C1C(c2ccccc2)=C2C(=C1c1ccccc1)c1cccc3cccc2c13. The Morgan fingerprint density at radius 3 is 1.10 bits per heavy atom. The van der Waals surface area contributed by atoms with E-state index in [1.165, 1.54) is 88.0 Å². The molecule has 0 saturated heterocycles. The quantitative estimate of drug-likeness (QED) is 0.0213. The standard InChI is InChI=1S/C32H19Br.C27H16O.C15H14O.C12H6O2.C7H6BrNO2.C5H11NO2.4F2.2FH/c33-26-19-9-18-25-28(21-10-3-1-4-11-21)31-23-16-7-14-20-15-8-17-24(27(20)23)32(31)29(30(25)26)22-12-5-2-6-13-22;28-27-23(18-9-3-1-4-10-18)25-20-15-7-13-17-14-8-16-21(22(17)20)26(25)24(27)19-11-5-2-6-12-19;16-15(11-13-7-3-1-4-8-13)12-14-9-5-2-6-10-14;13-11-8-5-1-3-7-4-2-6-9(10(7)8)12(11)14;8-5-2-1-3-6(9)7(5)11-4-10;1-5(2)3-4-8-6-7;4*1-2;;/h1-19H;1-16H;1-10H,11-12H2;1-6H;1-4H,9H2;5H,3-4H2,1-2H3;;;;;2*1H. The molecule has 2 N–H and O–H groups in total. The predicted molar refractivity (Wildman–Crippen MR) is 468 cm³/mol. The molecule has 0 aromatic heterocycles. The highest BCUT2D eigenvalue weighted by molar-refractivity contribution is 9.11. The maximum Gasteiger partial charge on any atom is 0.298 e. The first-order valence-electron chi connectivity index (χ1n) is 36.8. The van der Waals surface area contributed by atoms with Gasteiger partial charge in [0.25, 0.3) is 6.47 Å². The van der Waals surface area contributed by atoms with Gasteiger partial charge in [-0.25, -0.2) is 0 Å². The van der Waals surface area contributed by atoms with Crippen molar-refractivity contribution in [2.24, 2.45) is 11.3 Å². The highest BCUT2D eigenvalue weighted by Gasteiger charge is 2.40. The van der Waals surface area contributed by atoms with Crippen LogP contribution in [0.3, 0.4) is 0 Å². The van der Waals surface area contributed by atoms with Crippen LogP contribution in [0.4, 0.5) is 51.7 Å². The average molecular weight is 1760 g/mol. The van der Waals surface area contributed by atoms with E-state index in [4.69, 9.17) is 42.3 Å². The van der Waals surface area contributed by atoms with Gasteiger partial charge in [0.2, 0.25) is 11.6 Å². The number of carbonyl (C=O) groups is 5. The number of anilines is 1. The van der Waals surface area contributed by atoms with Gasteiger partial charge in [-0.15, -0.1) is 4.91 Å². The van der Waals surface area contributed by atoms with Gasteiger partial charge in [0.15, 0.2) is 16.9 Å². The van der Waals surface area contributed by atoms with Crippen molar-refractivity contribution in [3.63, 3.8) is 0 Å². The molecule has 19 rings (SSSR count). The summed E-state index contributed by atoms with van der Waals surface area (Å²) in [7, 11) is 0. The van der Waals surface area contributed by atoms with Crippen molar-refractivity contribution in [3.05, 3.63) is 386 Å². The number of para-hydroxylation sites is 1. The summed E-state index contributed by atoms with van der Waals surface area (Å²) in [5.41, 5.74) is 27.7. The fraction of sp³-hybridized carbons (Fsp3) is 0.0714. The number of nitrogen functional groups attached to an aromatic ring is 1. The number of hydrogen-bond acceptors (Lipinski definition) is 10. The Labute approximate surface area is 700 Å². The second-order valence-corrected chi connectivity index (χ2v) is 28.8. The minimum Gasteiger partial charge on any atom is -0.425 e. The summed E-state index contributed by atoms with van der Waals surface area (Å²) >= 11 is 7.12. The molecule has 0 fully saturated rings. The Kier molecular flexibility index (Phi) is 34.7. The van der Waals surface area contributed by atoms with Crippen LogP contribution >= 0.6 is 31.9 Å². The molecule has 15 aromatic rings. The van der Waals surface area contributed by atoms with Crippen LogP contribution in [0.25, 0.3) is 110 Å². The van der Waals surface area contributed by atoms with Crippen molar-refractivity contribution in [1.29, 1.82) is 0 Å². The van der Waals surface area contributed by atoms with Crippen LogP contribution in [0, 0.1) is 10.8 Å². The van der Waals surface area contributed by atoms with Crippen molar-refractivity contribution in [3.8, 4) is 50.3 Å². The summed E-state index contributed by atoms with van der Waals surface area (Å²) in [6.07, 6.45) is 1.94. The number of fused-ring (bicyclic) bond motifs is 7. The van der Waals surface area contributed by atoms with Crippen molar-refractivity contribution in [1.82, 2.24) is 0 Å². The fourth-order valence-corrected chi connectivity index (χ4v) is 16.0. The van der Waals surface area contributed by atoms with Gasteiger partial charge >= 0.3 is 0 Å². The van der Waals surface area contributed by atoms with Crippen LogP contribution in [0.15, 0.2) is 342 Å². The second kappa shape index (κ2) is 45.2. The van der Waals surface area contributed by atoms with Gasteiger partial charge in [-0.3, -0.25) is 33.4 Å². The molecule has 0 amide bonds. The zero-order valence-corrected chi connectivity index (χ0v) is 67.2. The van der Waals surface area contributed by atoms with Gasteiger partial charge in [0.1, 0.15) is 12.4 Å². The van der Waals surface area contributed by atoms with Crippen molar-refractivity contribution in [2.45, 2.75) is 33.1 Å². The molecule has 120 heavy (non-hydrogen) atoms. The number of rotatable bonds is 14. The van der Waals surface area contributed by atoms with E-state index in [9.17, 15) is 28.9 Å². The number of ketones is 4. The lowest BCUT2D eigenvalue weighted by Crippen LogP contribution is -2.06. The number of nitrogens with two attached hydrogens (primary N) is 1. The summed E-state index contributed by atoms with van der Waals surface area (Å²) < 4.78 is 70.4. The van der Waals surface area contributed by atoms with E-state index in [-0.39, 0.29) is 32.5 Å². The predicted octanol–water partition coefficient (Wildman–Crippen LogP) is 28.2. The molecule has 0 bridgehead atoms. The van der Waals surface area contributed by atoms with E-state index in [0.717, 1.165) is 66.2 Å². The molecule has 4 aliphatic carbocycles. The Morgan fingerprint density at radius 1 is 0.375 bits per heavy atom. The van der Waals surface area contributed by atoms with Crippen LogP contribution in [0.5, 0.6) is 5.75 Å². The maximum absolute atomic E-state index is 13.7. The van der Waals surface area contributed by atoms with Crippen molar-refractivity contribution >= 4 is 133 Å². The normalized spacial score (nSPS) is 11.4. The van der Waals surface area contributed by atoms with E-state index in [1.54, 1.807) is 42.5 Å². The molecule has 0 atom stereocenters. The lowest BCUT2D eigenvalue weighted by atomic mass is 9.82. The number of Topliss-reactive ketones (excluding diaryl/α,β-unsaturated/α-hetero) is 4. The molecule has 15 aromatic carbocycles. The monoisotopic (exact) mass is 1750 g/mol. The average Bonchev–Trinajstić information content (AvgIpc) is 1.54. The fourth-order valence-electron chi connectivity index (χ4n) is 14.9. The summed E-state index contributed by atoms with van der Waals surface area (Å²) in [5, 5.41) is 11.7. The summed E-state index contributed by atoms with van der Waals surface area (Å²) in [6.45, 7) is 4.92. The van der Waals surface area contributed by atoms with Crippen LogP contribution in [0.1, 0.15) is 74.4 Å². The third-order valence-electron chi connectivity index (χ3n) is 19.7. The van der Waals surface area contributed by atoms with Gasteiger partial charge in [0.05, 0.1) is 10.2 Å². The molecule has 0 radical (unpaired) electrons. The maximum atomic E-state index is 13.7. The van der Waals surface area contributed by atoms with Gasteiger partial charge in [0, 0.05) is 98.1 Å². The topological polar surface area (TPSA) is 159 Å². The molecule has 0 saturated carbocycles. The van der Waals surface area contributed by atoms with Gasteiger partial charge in [-0.2, -0.15) is 0 Å².